The van der Waals surface area contributed by atoms with E-state index in [1.54, 1.807) is 6.92 Å². The Balaban J connectivity index is 2.70. The lowest BCUT2D eigenvalue weighted by molar-refractivity contribution is -0.137. The number of nitrogen functional groups attached to an aromatic ring is 1. The Kier molecular flexibility index (Phi) is 1.89. The highest BCUT2D eigenvalue weighted by atomic mass is 19.4. The van der Waals surface area contributed by atoms with Gasteiger partial charge in [0.15, 0.2) is 0 Å². The number of anilines is 1. The van der Waals surface area contributed by atoms with E-state index in [1.165, 1.54) is 10.5 Å². The van der Waals surface area contributed by atoms with Crippen LogP contribution < -0.4 is 5.73 Å². The van der Waals surface area contributed by atoms with Crippen LogP contribution in [0.1, 0.15) is 11.3 Å². The number of alkyl halides is 3. The number of hydrogen-bond acceptors (Lipinski definition) is 2. The van der Waals surface area contributed by atoms with Gasteiger partial charge in [-0.15, -0.1) is 0 Å². The van der Waals surface area contributed by atoms with Gasteiger partial charge >= 0.3 is 6.18 Å². The quantitative estimate of drug-likeness (QED) is 0.732. The van der Waals surface area contributed by atoms with E-state index in [-0.39, 0.29) is 5.82 Å². The molecule has 2 aromatic heterocycles. The zero-order chi connectivity index (χ0) is 11.2. The van der Waals surface area contributed by atoms with Crippen LogP contribution in [0.15, 0.2) is 18.3 Å². The molecule has 2 rings (SSSR count). The molecule has 0 saturated carbocycles. The first-order valence-corrected chi connectivity index (χ1v) is 4.21. The molecule has 2 aromatic rings. The second kappa shape index (κ2) is 2.88. The van der Waals surface area contributed by atoms with Gasteiger partial charge in [-0.3, -0.25) is 0 Å². The molecule has 0 amide bonds. The molecule has 0 aliphatic rings. The largest absolute Gasteiger partial charge is 0.417 e. The molecular weight excluding hydrogens is 207 g/mol. The summed E-state index contributed by atoms with van der Waals surface area (Å²) in [5, 5.41) is 0. The number of fused-ring (bicyclic) bond motifs is 1. The van der Waals surface area contributed by atoms with Gasteiger partial charge in [-0.2, -0.15) is 13.2 Å². The van der Waals surface area contributed by atoms with Crippen molar-refractivity contribution in [3.63, 3.8) is 0 Å². The molecule has 2 heterocycles. The maximum atomic E-state index is 12.4. The lowest BCUT2D eigenvalue weighted by atomic mass is 10.3. The SMILES string of the molecule is Cc1c(N)nc2ccc(C(F)(F)F)cn12. The molecule has 0 spiro atoms. The standard InChI is InChI=1S/C9H8F3N3/c1-5-8(13)14-7-3-2-6(4-15(5)7)9(10,11)12/h2-4H,13H2,1H3. The van der Waals surface area contributed by atoms with Gasteiger partial charge in [-0.1, -0.05) is 0 Å². The summed E-state index contributed by atoms with van der Waals surface area (Å²) in [4.78, 5) is 3.91. The Hall–Kier alpha value is -1.72. The van der Waals surface area contributed by atoms with E-state index in [1.807, 2.05) is 0 Å². The average Bonchev–Trinajstić information content (AvgIpc) is 2.41. The third kappa shape index (κ3) is 1.51. The number of pyridine rings is 1. The molecule has 80 valence electrons. The Morgan fingerprint density at radius 3 is 2.60 bits per heavy atom. The van der Waals surface area contributed by atoms with Crippen LogP contribution in [0.2, 0.25) is 0 Å². The second-order valence-electron chi connectivity index (χ2n) is 3.23. The van der Waals surface area contributed by atoms with E-state index in [0.717, 1.165) is 12.3 Å². The molecule has 0 saturated heterocycles. The predicted molar refractivity (Wildman–Crippen MR) is 49.3 cm³/mol. The van der Waals surface area contributed by atoms with Gasteiger partial charge < -0.3 is 10.1 Å². The number of aromatic nitrogens is 2. The highest BCUT2D eigenvalue weighted by Gasteiger charge is 2.31. The highest BCUT2D eigenvalue weighted by molar-refractivity contribution is 5.52. The molecule has 0 bridgehead atoms. The van der Waals surface area contributed by atoms with Gasteiger partial charge in [-0.05, 0) is 19.1 Å². The van der Waals surface area contributed by atoms with Gasteiger partial charge in [0.1, 0.15) is 11.5 Å². The fourth-order valence-electron chi connectivity index (χ4n) is 1.35. The number of imidazole rings is 1. The van der Waals surface area contributed by atoms with Crippen LogP contribution in [-0.2, 0) is 6.18 Å². The first-order valence-electron chi connectivity index (χ1n) is 4.21. The first kappa shape index (κ1) is 9.82. The molecule has 0 radical (unpaired) electrons. The van der Waals surface area contributed by atoms with Crippen molar-refractivity contribution in [2.75, 3.05) is 5.73 Å². The summed E-state index contributed by atoms with van der Waals surface area (Å²) in [6.07, 6.45) is -3.35. The number of halogens is 3. The van der Waals surface area contributed by atoms with Gasteiger partial charge in [0.05, 0.1) is 11.3 Å². The van der Waals surface area contributed by atoms with E-state index in [4.69, 9.17) is 5.73 Å². The van der Waals surface area contributed by atoms with Gasteiger partial charge in [0.2, 0.25) is 0 Å². The number of rotatable bonds is 0. The summed E-state index contributed by atoms with van der Waals surface area (Å²) < 4.78 is 38.5. The molecular formula is C9H8F3N3. The Morgan fingerprint density at radius 2 is 2.00 bits per heavy atom. The average molecular weight is 215 g/mol. The van der Waals surface area contributed by atoms with Crippen molar-refractivity contribution < 1.29 is 13.2 Å². The summed E-state index contributed by atoms with van der Waals surface area (Å²) in [6, 6.07) is 2.29. The lowest BCUT2D eigenvalue weighted by Crippen LogP contribution is -2.06. The molecule has 0 unspecified atom stereocenters. The molecule has 2 N–H and O–H groups in total. The molecule has 0 aliphatic carbocycles. The fraction of sp³-hybridized carbons (Fsp3) is 0.222. The number of hydrogen-bond donors (Lipinski definition) is 1. The van der Waals surface area contributed by atoms with Crippen molar-refractivity contribution in [3.05, 3.63) is 29.6 Å². The molecule has 3 nitrogen and oxygen atoms in total. The number of aryl methyl sites for hydroxylation is 1. The van der Waals surface area contributed by atoms with Crippen molar-refractivity contribution in [1.29, 1.82) is 0 Å². The minimum Gasteiger partial charge on any atom is -0.382 e. The third-order valence-corrected chi connectivity index (χ3v) is 2.22. The fourth-order valence-corrected chi connectivity index (χ4v) is 1.35. The molecule has 6 heteroatoms. The normalized spacial score (nSPS) is 12.3. The Labute approximate surface area is 83.3 Å². The maximum Gasteiger partial charge on any atom is 0.417 e. The Morgan fingerprint density at radius 1 is 1.33 bits per heavy atom. The minimum atomic E-state index is -4.35. The monoisotopic (exact) mass is 215 g/mol. The zero-order valence-electron chi connectivity index (χ0n) is 7.84. The van der Waals surface area contributed by atoms with Crippen LogP contribution in [0.3, 0.4) is 0 Å². The van der Waals surface area contributed by atoms with Crippen LogP contribution >= 0.6 is 0 Å². The molecule has 0 fully saturated rings. The number of nitrogens with zero attached hydrogens (tertiary/aromatic N) is 2. The zero-order valence-corrected chi connectivity index (χ0v) is 7.84. The summed E-state index contributed by atoms with van der Waals surface area (Å²) in [7, 11) is 0. The van der Waals surface area contributed by atoms with E-state index in [2.05, 4.69) is 4.98 Å². The van der Waals surface area contributed by atoms with E-state index >= 15 is 0 Å². The summed E-state index contributed by atoms with van der Waals surface area (Å²) in [5.41, 5.74) is 5.71. The predicted octanol–water partition coefficient (Wildman–Crippen LogP) is 2.24. The second-order valence-corrected chi connectivity index (χ2v) is 3.23. The van der Waals surface area contributed by atoms with E-state index < -0.39 is 11.7 Å². The summed E-state index contributed by atoms with van der Waals surface area (Å²) in [6.45, 7) is 1.62. The van der Waals surface area contributed by atoms with Crippen LogP contribution in [0.4, 0.5) is 19.0 Å². The van der Waals surface area contributed by atoms with Crippen molar-refractivity contribution in [1.82, 2.24) is 9.38 Å². The van der Waals surface area contributed by atoms with Gasteiger partial charge in [-0.25, -0.2) is 4.98 Å². The van der Waals surface area contributed by atoms with Crippen LogP contribution in [0.5, 0.6) is 0 Å². The summed E-state index contributed by atoms with van der Waals surface area (Å²) in [5.74, 6) is 0.245. The van der Waals surface area contributed by atoms with Crippen molar-refractivity contribution in [2.45, 2.75) is 13.1 Å². The minimum absolute atomic E-state index is 0.245. The van der Waals surface area contributed by atoms with Crippen molar-refractivity contribution in [3.8, 4) is 0 Å². The van der Waals surface area contributed by atoms with Crippen LogP contribution in [0.25, 0.3) is 5.65 Å². The number of nitrogens with two attached hydrogens (primary N) is 1. The smallest absolute Gasteiger partial charge is 0.382 e. The molecule has 0 aliphatic heterocycles. The summed E-state index contributed by atoms with van der Waals surface area (Å²) >= 11 is 0. The molecule has 0 aromatic carbocycles. The first-order chi connectivity index (χ1) is 6.89. The van der Waals surface area contributed by atoms with Crippen LogP contribution in [0, 0.1) is 6.92 Å². The van der Waals surface area contributed by atoms with Crippen molar-refractivity contribution >= 4 is 11.5 Å². The van der Waals surface area contributed by atoms with Gasteiger partial charge in [0.25, 0.3) is 0 Å². The third-order valence-electron chi connectivity index (χ3n) is 2.22. The molecule has 15 heavy (non-hydrogen) atoms. The van der Waals surface area contributed by atoms with Crippen molar-refractivity contribution in [2.24, 2.45) is 0 Å². The topological polar surface area (TPSA) is 43.3 Å². The van der Waals surface area contributed by atoms with Crippen LogP contribution in [-0.4, -0.2) is 9.38 Å². The van der Waals surface area contributed by atoms with E-state index in [9.17, 15) is 13.2 Å². The lowest BCUT2D eigenvalue weighted by Gasteiger charge is -2.06. The van der Waals surface area contributed by atoms with Gasteiger partial charge in [0, 0.05) is 6.20 Å². The Bertz CT molecular complexity index is 513. The molecule has 0 atom stereocenters. The maximum absolute atomic E-state index is 12.4. The highest BCUT2D eigenvalue weighted by Crippen LogP contribution is 2.29. The van der Waals surface area contributed by atoms with E-state index in [0.29, 0.717) is 11.3 Å².